The average Bonchev–Trinajstić information content (AvgIpc) is 2.33. The van der Waals surface area contributed by atoms with Crippen LogP contribution < -0.4 is 25.4 Å². The molecule has 2 rings (SSSR count). The number of nitrogens with zero attached hydrogens (tertiary/aromatic N) is 3. The summed E-state index contributed by atoms with van der Waals surface area (Å²) in [5.41, 5.74) is 11.2. The molecular weight excluding hydrogens is 310 g/mol. The van der Waals surface area contributed by atoms with E-state index in [2.05, 4.69) is 9.27 Å². The van der Waals surface area contributed by atoms with Crippen molar-refractivity contribution in [1.82, 2.24) is 4.98 Å². The second-order valence-electron chi connectivity index (χ2n) is 3.79. The van der Waals surface area contributed by atoms with Gasteiger partial charge in [0, 0.05) is 24.6 Å². The zero-order valence-corrected chi connectivity index (χ0v) is 12.0. The highest BCUT2D eigenvalue weighted by Crippen LogP contribution is 2.18. The van der Waals surface area contributed by atoms with Crippen molar-refractivity contribution in [2.45, 2.75) is 0 Å². The van der Waals surface area contributed by atoms with Crippen molar-refractivity contribution >= 4 is 39.7 Å². The molecule has 114 valence electrons. The van der Waals surface area contributed by atoms with Gasteiger partial charge in [-0.3, -0.25) is 4.55 Å². The zero-order valence-electron chi connectivity index (χ0n) is 10.3. The van der Waals surface area contributed by atoms with Crippen LogP contribution in [0.4, 0.5) is 17.6 Å². The quantitative estimate of drug-likeness (QED) is 0.423. The smallest absolute Gasteiger partial charge is 0.474 e. The SMILES string of the molecule is Nc1cc(N2CCSCC2)nc(N)[n+]1OS(=O)(=O)O.[OH-]. The maximum atomic E-state index is 10.7. The monoisotopic (exact) mass is 325 g/mol. The van der Waals surface area contributed by atoms with Crippen molar-refractivity contribution in [3.63, 3.8) is 0 Å². The highest BCUT2D eigenvalue weighted by atomic mass is 32.3. The molecule has 6 N–H and O–H groups in total. The average molecular weight is 325 g/mol. The molecule has 0 unspecified atom stereocenters. The first-order valence-electron chi connectivity index (χ1n) is 5.35. The van der Waals surface area contributed by atoms with Crippen molar-refractivity contribution in [2.75, 3.05) is 41.0 Å². The molecule has 1 aromatic rings. The lowest BCUT2D eigenvalue weighted by Gasteiger charge is -2.26. The van der Waals surface area contributed by atoms with Gasteiger partial charge in [-0.05, 0) is 4.73 Å². The number of rotatable bonds is 3. The number of thioether (sulfide) groups is 1. The fourth-order valence-corrected chi connectivity index (χ4v) is 2.90. The molecule has 1 aliphatic rings. The Hall–Kier alpha value is -1.50. The lowest BCUT2D eigenvalue weighted by molar-refractivity contribution is -0.835. The Kier molecular flexibility index (Phi) is 5.21. The molecule has 0 aromatic carbocycles. The molecule has 0 radical (unpaired) electrons. The number of nitrogens with two attached hydrogens (primary N) is 2. The third-order valence-corrected chi connectivity index (χ3v) is 3.73. The molecule has 1 fully saturated rings. The van der Waals surface area contributed by atoms with Crippen molar-refractivity contribution in [3.8, 4) is 0 Å². The summed E-state index contributed by atoms with van der Waals surface area (Å²) in [6.07, 6.45) is 0. The van der Waals surface area contributed by atoms with E-state index in [0.29, 0.717) is 10.5 Å². The Labute approximate surface area is 119 Å². The van der Waals surface area contributed by atoms with Gasteiger partial charge in [-0.15, -0.1) is 0 Å². The molecule has 0 atom stereocenters. The second-order valence-corrected chi connectivity index (χ2v) is 6.02. The largest absolute Gasteiger partial charge is 0.870 e. The van der Waals surface area contributed by atoms with E-state index in [1.165, 1.54) is 6.07 Å². The fourth-order valence-electron chi connectivity index (χ4n) is 1.65. The summed E-state index contributed by atoms with van der Waals surface area (Å²) in [5.74, 6) is 2.16. The van der Waals surface area contributed by atoms with E-state index in [-0.39, 0.29) is 17.2 Å². The van der Waals surface area contributed by atoms with Crippen LogP contribution in [0.15, 0.2) is 6.07 Å². The second kappa shape index (κ2) is 6.30. The molecule has 12 heteroatoms. The molecule has 0 spiro atoms. The van der Waals surface area contributed by atoms with Gasteiger partial charge in [-0.2, -0.15) is 20.2 Å². The molecular formula is C8H15N5O5S2. The van der Waals surface area contributed by atoms with Crippen LogP contribution >= 0.6 is 11.8 Å². The first kappa shape index (κ1) is 16.6. The van der Waals surface area contributed by atoms with E-state index in [9.17, 15) is 8.42 Å². The molecule has 1 aliphatic heterocycles. The summed E-state index contributed by atoms with van der Waals surface area (Å²) in [6, 6.07) is 1.44. The third kappa shape index (κ3) is 4.00. The molecule has 1 aromatic heterocycles. The van der Waals surface area contributed by atoms with Gasteiger partial charge in [0.05, 0.1) is 6.07 Å². The highest BCUT2D eigenvalue weighted by molar-refractivity contribution is 7.99. The number of nitrogen functional groups attached to an aromatic ring is 2. The van der Waals surface area contributed by atoms with Crippen LogP contribution in [0.1, 0.15) is 0 Å². The van der Waals surface area contributed by atoms with Gasteiger partial charge in [-0.25, -0.2) is 4.28 Å². The van der Waals surface area contributed by atoms with Gasteiger partial charge < -0.3 is 21.8 Å². The molecule has 0 bridgehead atoms. The summed E-state index contributed by atoms with van der Waals surface area (Å²) in [7, 11) is -4.71. The Morgan fingerprint density at radius 2 is 2.00 bits per heavy atom. The summed E-state index contributed by atoms with van der Waals surface area (Å²) >= 11 is 1.84. The summed E-state index contributed by atoms with van der Waals surface area (Å²) in [4.78, 5) is 6.01. The lowest BCUT2D eigenvalue weighted by Crippen LogP contribution is -2.51. The minimum atomic E-state index is -4.71. The number of aromatic nitrogens is 2. The third-order valence-electron chi connectivity index (χ3n) is 2.45. The predicted octanol–water partition coefficient (Wildman–Crippen LogP) is -1.86. The molecule has 0 amide bonds. The van der Waals surface area contributed by atoms with Gasteiger partial charge in [0.1, 0.15) is 0 Å². The Morgan fingerprint density at radius 1 is 1.40 bits per heavy atom. The molecule has 2 heterocycles. The Balaban J connectivity index is 0.00000200. The molecule has 0 aliphatic carbocycles. The van der Waals surface area contributed by atoms with Crippen molar-refractivity contribution in [1.29, 1.82) is 0 Å². The fraction of sp³-hybridized carbons (Fsp3) is 0.500. The topological polar surface area (TPSA) is 166 Å². The van der Waals surface area contributed by atoms with Crippen LogP contribution in [-0.4, -0.2) is 48.0 Å². The van der Waals surface area contributed by atoms with Crippen LogP contribution in [0, 0.1) is 0 Å². The van der Waals surface area contributed by atoms with Crippen LogP contribution in [-0.2, 0) is 10.4 Å². The zero-order chi connectivity index (χ0) is 14.0. The van der Waals surface area contributed by atoms with E-state index in [1.807, 2.05) is 16.7 Å². The molecule has 20 heavy (non-hydrogen) atoms. The molecule has 1 saturated heterocycles. The van der Waals surface area contributed by atoms with Crippen molar-refractivity contribution in [2.24, 2.45) is 0 Å². The summed E-state index contributed by atoms with van der Waals surface area (Å²) in [6.45, 7) is 1.61. The molecule has 0 saturated carbocycles. The minimum Gasteiger partial charge on any atom is -0.870 e. The van der Waals surface area contributed by atoms with Crippen LogP contribution in [0.5, 0.6) is 0 Å². The highest BCUT2D eigenvalue weighted by Gasteiger charge is 2.23. The Bertz CT molecular complexity index is 552. The summed E-state index contributed by atoms with van der Waals surface area (Å²) in [5, 5.41) is 0. The Morgan fingerprint density at radius 3 is 2.50 bits per heavy atom. The van der Waals surface area contributed by atoms with E-state index >= 15 is 0 Å². The van der Waals surface area contributed by atoms with Gasteiger partial charge in [-0.1, -0.05) is 4.98 Å². The van der Waals surface area contributed by atoms with E-state index in [0.717, 1.165) is 24.6 Å². The number of anilines is 3. The van der Waals surface area contributed by atoms with Crippen molar-refractivity contribution < 1.29 is 27.5 Å². The van der Waals surface area contributed by atoms with E-state index < -0.39 is 10.4 Å². The van der Waals surface area contributed by atoms with Crippen molar-refractivity contribution in [3.05, 3.63) is 6.07 Å². The minimum absolute atomic E-state index is 0. The maximum Gasteiger partial charge on any atom is 0.474 e. The summed E-state index contributed by atoms with van der Waals surface area (Å²) < 4.78 is 34.7. The lowest BCUT2D eigenvalue weighted by atomic mass is 10.4. The van der Waals surface area contributed by atoms with Gasteiger partial charge in [0.25, 0.3) is 0 Å². The first-order valence-corrected chi connectivity index (χ1v) is 7.87. The van der Waals surface area contributed by atoms with Crippen LogP contribution in [0.25, 0.3) is 0 Å². The van der Waals surface area contributed by atoms with Gasteiger partial charge in [0.15, 0.2) is 5.82 Å². The van der Waals surface area contributed by atoms with E-state index in [1.54, 1.807) is 0 Å². The maximum absolute atomic E-state index is 10.7. The van der Waals surface area contributed by atoms with E-state index in [4.69, 9.17) is 16.0 Å². The number of hydrogen-bond acceptors (Lipinski definition) is 9. The number of hydrogen-bond donors (Lipinski definition) is 3. The van der Waals surface area contributed by atoms with Crippen LogP contribution in [0.3, 0.4) is 0 Å². The van der Waals surface area contributed by atoms with Crippen LogP contribution in [0.2, 0.25) is 0 Å². The predicted molar refractivity (Wildman–Crippen MR) is 72.9 cm³/mol. The standard InChI is InChI=1S/C8H13N5O4S2.H2O/c9-6-5-7(12-1-3-18-4-2-12)11-8(10)13(6)17-19(14,15)16;/h5H,1-4H2,(H4,9,10,11,14,15,16);1H2. The first-order chi connectivity index (χ1) is 8.87. The molecule has 10 nitrogen and oxygen atoms in total. The normalized spacial score (nSPS) is 15.6. The van der Waals surface area contributed by atoms with Gasteiger partial charge in [0.2, 0.25) is 5.82 Å². The van der Waals surface area contributed by atoms with Gasteiger partial charge >= 0.3 is 16.3 Å².